The van der Waals surface area contributed by atoms with E-state index in [1.54, 1.807) is 33.7 Å². The number of hydrogen-bond donors (Lipinski definition) is 1. The molecular formula is C23H20F3N3O5S2. The lowest BCUT2D eigenvalue weighted by molar-refractivity contribution is -0.192. The summed E-state index contributed by atoms with van der Waals surface area (Å²) in [6, 6.07) is 14.5. The fraction of sp³-hybridized carbons (Fsp3) is 0.261. The van der Waals surface area contributed by atoms with E-state index in [0.29, 0.717) is 29.3 Å². The fourth-order valence-electron chi connectivity index (χ4n) is 4.40. The number of pyridine rings is 1. The molecule has 190 valence electrons. The average molecular weight is 540 g/mol. The highest BCUT2D eigenvalue weighted by Gasteiger charge is 2.57. The summed E-state index contributed by atoms with van der Waals surface area (Å²) in [7, 11) is -3.66. The summed E-state index contributed by atoms with van der Waals surface area (Å²) in [6.45, 7) is 1.12. The van der Waals surface area contributed by atoms with Gasteiger partial charge in [0.05, 0.1) is 15.3 Å². The first kappa shape index (κ1) is 25.8. The molecule has 0 saturated carbocycles. The molecule has 5 rings (SSSR count). The largest absolute Gasteiger partial charge is 0.490 e. The number of likely N-dealkylation sites (tertiary alicyclic amines) is 1. The van der Waals surface area contributed by atoms with Crippen LogP contribution in [-0.4, -0.2) is 58.9 Å². The molecule has 2 aliphatic rings. The summed E-state index contributed by atoms with van der Waals surface area (Å²) in [5.74, 6) is -2.80. The molecule has 0 radical (unpaired) electrons. The van der Waals surface area contributed by atoms with Crippen LogP contribution < -0.4 is 0 Å². The highest BCUT2D eigenvalue weighted by Crippen LogP contribution is 2.50. The Balaban J connectivity index is 0.000000384. The minimum absolute atomic E-state index is 0.0393. The summed E-state index contributed by atoms with van der Waals surface area (Å²) in [6.07, 6.45) is -1.18. The number of alkyl halides is 3. The van der Waals surface area contributed by atoms with Gasteiger partial charge in [-0.3, -0.25) is 9.78 Å². The molecular weight excluding hydrogens is 519 g/mol. The summed E-state index contributed by atoms with van der Waals surface area (Å²) in [5.41, 5.74) is 0.917. The highest BCUT2D eigenvalue weighted by molar-refractivity contribution is 7.89. The molecule has 3 aromatic rings. The Morgan fingerprint density at radius 3 is 2.36 bits per heavy atom. The molecule has 2 aromatic heterocycles. The van der Waals surface area contributed by atoms with Gasteiger partial charge >= 0.3 is 12.1 Å². The lowest BCUT2D eigenvalue weighted by atomic mass is 9.88. The van der Waals surface area contributed by atoms with Crippen LogP contribution >= 0.6 is 11.3 Å². The fourth-order valence-corrected chi connectivity index (χ4v) is 7.14. The number of amides is 1. The van der Waals surface area contributed by atoms with Crippen LogP contribution in [0.15, 0.2) is 71.2 Å². The van der Waals surface area contributed by atoms with Crippen molar-refractivity contribution >= 4 is 33.2 Å². The number of thiophene rings is 1. The van der Waals surface area contributed by atoms with Gasteiger partial charge in [-0.15, -0.1) is 11.3 Å². The van der Waals surface area contributed by atoms with Gasteiger partial charge in [0.2, 0.25) is 10.0 Å². The topological polar surface area (TPSA) is 108 Å². The molecule has 36 heavy (non-hydrogen) atoms. The Kier molecular flexibility index (Phi) is 6.90. The number of benzene rings is 1. The van der Waals surface area contributed by atoms with Gasteiger partial charge in [0, 0.05) is 32.0 Å². The smallest absolute Gasteiger partial charge is 0.475 e. The van der Waals surface area contributed by atoms with Crippen molar-refractivity contribution in [2.24, 2.45) is 0 Å². The molecule has 0 aliphatic carbocycles. The van der Waals surface area contributed by atoms with Crippen molar-refractivity contribution < 1.29 is 36.3 Å². The van der Waals surface area contributed by atoms with Crippen molar-refractivity contribution in [2.45, 2.75) is 29.6 Å². The first-order valence-electron chi connectivity index (χ1n) is 10.6. The number of carbonyl (C=O) groups excluding carboxylic acids is 1. The second kappa shape index (κ2) is 9.64. The van der Waals surface area contributed by atoms with Crippen LogP contribution in [0, 0.1) is 0 Å². The van der Waals surface area contributed by atoms with Crippen molar-refractivity contribution in [3.63, 3.8) is 0 Å². The number of fused-ring (bicyclic) bond motifs is 2. The molecule has 1 fully saturated rings. The third kappa shape index (κ3) is 4.73. The van der Waals surface area contributed by atoms with Crippen LogP contribution in [0.4, 0.5) is 13.2 Å². The number of carboxylic acids is 1. The second-order valence-corrected chi connectivity index (χ2v) is 10.9. The zero-order valence-electron chi connectivity index (χ0n) is 18.6. The molecule has 1 amide bonds. The lowest BCUT2D eigenvalue weighted by Gasteiger charge is -2.34. The van der Waals surface area contributed by atoms with E-state index in [1.807, 2.05) is 41.8 Å². The van der Waals surface area contributed by atoms with Crippen LogP contribution in [-0.2, 0) is 26.9 Å². The molecule has 1 atom stereocenters. The van der Waals surface area contributed by atoms with Crippen molar-refractivity contribution in [2.75, 3.05) is 13.1 Å². The van der Waals surface area contributed by atoms with E-state index in [4.69, 9.17) is 9.90 Å². The molecule has 1 spiro atoms. The standard InChI is InChI=1S/C21H19N3O3S2.C2HF3O2/c25-20(18-5-3-13-28-18)23-12-9-21(15-23)17-4-1-2-6-19(17)29(26,27)24(21)14-16-7-10-22-11-8-16;3-2(4,5)1(6)7/h1-8,10-11,13H,9,12,14-15H2;(H,6,7). The summed E-state index contributed by atoms with van der Waals surface area (Å²) < 4.78 is 60.2. The second-order valence-electron chi connectivity index (χ2n) is 8.15. The van der Waals surface area contributed by atoms with Gasteiger partial charge in [0.15, 0.2) is 0 Å². The van der Waals surface area contributed by atoms with Gasteiger partial charge in [-0.05, 0) is 47.2 Å². The third-order valence-corrected chi connectivity index (χ3v) is 8.85. The number of sulfonamides is 1. The number of halogens is 3. The van der Waals surface area contributed by atoms with E-state index in [2.05, 4.69) is 4.98 Å². The Morgan fingerprint density at radius 2 is 1.75 bits per heavy atom. The number of hydrogen-bond acceptors (Lipinski definition) is 6. The first-order valence-corrected chi connectivity index (χ1v) is 12.9. The predicted molar refractivity (Wildman–Crippen MR) is 124 cm³/mol. The Labute approximate surface area is 208 Å². The zero-order chi connectivity index (χ0) is 26.1. The zero-order valence-corrected chi connectivity index (χ0v) is 20.2. The minimum Gasteiger partial charge on any atom is -0.475 e. The Hall–Kier alpha value is -3.29. The quantitative estimate of drug-likeness (QED) is 0.544. The first-order chi connectivity index (χ1) is 17.0. The summed E-state index contributed by atoms with van der Waals surface area (Å²) in [4.78, 5) is 28.7. The van der Waals surface area contributed by atoms with E-state index in [1.165, 1.54) is 11.3 Å². The number of nitrogens with zero attached hydrogens (tertiary/aromatic N) is 3. The minimum atomic E-state index is -5.08. The van der Waals surface area contributed by atoms with Crippen LogP contribution in [0.25, 0.3) is 0 Å². The van der Waals surface area contributed by atoms with E-state index < -0.39 is 27.7 Å². The van der Waals surface area contributed by atoms with E-state index in [-0.39, 0.29) is 12.5 Å². The molecule has 0 bridgehead atoms. The van der Waals surface area contributed by atoms with E-state index in [9.17, 15) is 26.4 Å². The van der Waals surface area contributed by atoms with E-state index >= 15 is 0 Å². The number of carboxylic acid groups (broad SMARTS) is 1. The Morgan fingerprint density at radius 1 is 1.08 bits per heavy atom. The Bertz CT molecular complexity index is 1370. The van der Waals surface area contributed by atoms with Gasteiger partial charge in [0.25, 0.3) is 5.91 Å². The van der Waals surface area contributed by atoms with E-state index in [0.717, 1.165) is 11.1 Å². The molecule has 1 aromatic carbocycles. The molecule has 4 heterocycles. The van der Waals surface area contributed by atoms with Gasteiger partial charge < -0.3 is 10.0 Å². The van der Waals surface area contributed by atoms with Gasteiger partial charge in [-0.25, -0.2) is 13.2 Å². The summed E-state index contributed by atoms with van der Waals surface area (Å²) in [5, 5.41) is 9.00. The maximum absolute atomic E-state index is 13.5. The number of aromatic nitrogens is 1. The van der Waals surface area contributed by atoms with Crippen LogP contribution in [0.2, 0.25) is 0 Å². The average Bonchev–Trinajstić information content (AvgIpc) is 3.57. The number of aliphatic carboxylic acids is 1. The van der Waals surface area contributed by atoms with Crippen molar-refractivity contribution in [3.8, 4) is 0 Å². The van der Waals surface area contributed by atoms with Gasteiger partial charge in [-0.1, -0.05) is 24.3 Å². The molecule has 2 aliphatic heterocycles. The van der Waals surface area contributed by atoms with Crippen molar-refractivity contribution in [3.05, 3.63) is 82.3 Å². The van der Waals surface area contributed by atoms with Gasteiger partial charge in [0.1, 0.15) is 0 Å². The monoisotopic (exact) mass is 539 g/mol. The SMILES string of the molecule is O=C(O)C(F)(F)F.O=C(c1cccs1)N1CCC2(C1)c1ccccc1S(=O)(=O)N2Cc1ccncc1. The lowest BCUT2D eigenvalue weighted by Crippen LogP contribution is -2.46. The third-order valence-electron chi connectivity index (χ3n) is 6.02. The number of rotatable bonds is 3. The molecule has 1 saturated heterocycles. The van der Waals surface area contributed by atoms with Crippen LogP contribution in [0.5, 0.6) is 0 Å². The predicted octanol–water partition coefficient (Wildman–Crippen LogP) is 3.72. The molecule has 13 heteroatoms. The molecule has 8 nitrogen and oxygen atoms in total. The van der Waals surface area contributed by atoms with Gasteiger partial charge in [-0.2, -0.15) is 17.5 Å². The highest BCUT2D eigenvalue weighted by atomic mass is 32.2. The van der Waals surface area contributed by atoms with Crippen molar-refractivity contribution in [1.82, 2.24) is 14.2 Å². The molecule has 1 unspecified atom stereocenters. The maximum Gasteiger partial charge on any atom is 0.490 e. The maximum atomic E-state index is 13.5. The molecule has 1 N–H and O–H groups in total. The number of carbonyl (C=O) groups is 2. The van der Waals surface area contributed by atoms with Crippen LogP contribution in [0.3, 0.4) is 0 Å². The van der Waals surface area contributed by atoms with Crippen molar-refractivity contribution in [1.29, 1.82) is 0 Å². The normalized spacial score (nSPS) is 20.6. The van der Waals surface area contributed by atoms with Crippen LogP contribution in [0.1, 0.15) is 27.2 Å². The summed E-state index contributed by atoms with van der Waals surface area (Å²) >= 11 is 1.41.